The second-order valence-corrected chi connectivity index (χ2v) is 4.13. The van der Waals surface area contributed by atoms with Gasteiger partial charge in [-0.05, 0) is 30.2 Å². The number of halogens is 1. The van der Waals surface area contributed by atoms with E-state index in [9.17, 15) is 9.50 Å². The van der Waals surface area contributed by atoms with E-state index in [0.29, 0.717) is 12.4 Å². The van der Waals surface area contributed by atoms with Crippen molar-refractivity contribution in [2.75, 3.05) is 5.32 Å². The van der Waals surface area contributed by atoms with Gasteiger partial charge in [0.15, 0.2) is 0 Å². The first-order valence-electron chi connectivity index (χ1n) is 5.77. The Labute approximate surface area is 105 Å². The number of nitrogens with zero attached hydrogens (tertiary/aromatic N) is 1. The van der Waals surface area contributed by atoms with E-state index in [1.54, 1.807) is 13.0 Å². The lowest BCUT2D eigenvalue weighted by Crippen LogP contribution is -2.01. The number of aliphatic hydroxyl groups is 1. The first-order valence-corrected chi connectivity index (χ1v) is 5.77. The number of nitrogens with one attached hydrogen (secondary N) is 1. The number of anilines is 1. The molecule has 0 spiro atoms. The lowest BCUT2D eigenvalue weighted by atomic mass is 10.1. The van der Waals surface area contributed by atoms with Crippen molar-refractivity contribution < 1.29 is 9.50 Å². The lowest BCUT2D eigenvalue weighted by Gasteiger charge is -2.08. The minimum atomic E-state index is -0.453. The predicted molar refractivity (Wildman–Crippen MR) is 68.6 cm³/mol. The summed E-state index contributed by atoms with van der Waals surface area (Å²) < 4.78 is 12.7. The van der Waals surface area contributed by atoms with Crippen LogP contribution in [0.15, 0.2) is 42.6 Å². The maximum atomic E-state index is 12.7. The number of rotatable bonds is 4. The average Bonchev–Trinajstić information content (AvgIpc) is 2.38. The SMILES string of the molecule is C[C@@H](O)c1ccc(CNc2ccc(F)cn2)cc1. The maximum absolute atomic E-state index is 12.7. The highest BCUT2D eigenvalue weighted by atomic mass is 19.1. The number of hydrogen-bond acceptors (Lipinski definition) is 3. The summed E-state index contributed by atoms with van der Waals surface area (Å²) in [5.74, 6) is 0.290. The van der Waals surface area contributed by atoms with Crippen LogP contribution in [-0.2, 0) is 6.54 Å². The van der Waals surface area contributed by atoms with Crippen molar-refractivity contribution in [2.24, 2.45) is 0 Å². The average molecular weight is 246 g/mol. The molecule has 94 valence electrons. The fraction of sp³-hybridized carbons (Fsp3) is 0.214. The Morgan fingerprint density at radius 1 is 1.22 bits per heavy atom. The molecule has 1 aromatic carbocycles. The summed E-state index contributed by atoms with van der Waals surface area (Å²) in [6.07, 6.45) is 0.726. The molecule has 0 aliphatic rings. The molecule has 1 heterocycles. The van der Waals surface area contributed by atoms with Crippen LogP contribution >= 0.6 is 0 Å². The highest BCUT2D eigenvalue weighted by molar-refractivity contribution is 5.35. The summed E-state index contributed by atoms with van der Waals surface area (Å²) in [7, 11) is 0. The normalized spacial score (nSPS) is 12.2. The van der Waals surface area contributed by atoms with Gasteiger partial charge in [-0.25, -0.2) is 9.37 Å². The van der Waals surface area contributed by atoms with Crippen molar-refractivity contribution >= 4 is 5.82 Å². The largest absolute Gasteiger partial charge is 0.389 e. The van der Waals surface area contributed by atoms with Gasteiger partial charge in [0, 0.05) is 6.54 Å². The molecule has 2 N–H and O–H groups in total. The summed E-state index contributed by atoms with van der Waals surface area (Å²) in [4.78, 5) is 3.91. The molecule has 2 rings (SSSR count). The highest BCUT2D eigenvalue weighted by Crippen LogP contribution is 2.13. The molecule has 1 atom stereocenters. The standard InChI is InChI=1S/C14H15FN2O/c1-10(18)12-4-2-11(3-5-12)8-16-14-7-6-13(15)9-17-14/h2-7,9-10,18H,8H2,1H3,(H,16,17)/t10-/m1/s1. The Morgan fingerprint density at radius 3 is 2.50 bits per heavy atom. The monoisotopic (exact) mass is 246 g/mol. The Balaban J connectivity index is 1.95. The molecule has 1 aromatic heterocycles. The molecule has 18 heavy (non-hydrogen) atoms. The zero-order chi connectivity index (χ0) is 13.0. The van der Waals surface area contributed by atoms with Crippen LogP contribution in [0.25, 0.3) is 0 Å². The van der Waals surface area contributed by atoms with E-state index in [1.165, 1.54) is 12.3 Å². The van der Waals surface area contributed by atoms with Gasteiger partial charge in [0.1, 0.15) is 11.6 Å². The van der Waals surface area contributed by atoms with Gasteiger partial charge in [-0.1, -0.05) is 24.3 Å². The van der Waals surface area contributed by atoms with Crippen LogP contribution < -0.4 is 5.32 Å². The van der Waals surface area contributed by atoms with Crippen molar-refractivity contribution in [3.8, 4) is 0 Å². The fourth-order valence-electron chi connectivity index (χ4n) is 1.59. The van der Waals surface area contributed by atoms with E-state index >= 15 is 0 Å². The zero-order valence-corrected chi connectivity index (χ0v) is 10.1. The van der Waals surface area contributed by atoms with Crippen LogP contribution in [0.2, 0.25) is 0 Å². The molecule has 0 aliphatic heterocycles. The van der Waals surface area contributed by atoms with E-state index in [4.69, 9.17) is 0 Å². The summed E-state index contributed by atoms with van der Waals surface area (Å²) in [5, 5.41) is 12.5. The van der Waals surface area contributed by atoms with E-state index in [1.807, 2.05) is 24.3 Å². The van der Waals surface area contributed by atoms with Gasteiger partial charge in [0.2, 0.25) is 0 Å². The molecule has 0 bridgehead atoms. The molecule has 0 aliphatic carbocycles. The van der Waals surface area contributed by atoms with Gasteiger partial charge in [0.05, 0.1) is 12.3 Å². The molecular weight excluding hydrogens is 231 g/mol. The van der Waals surface area contributed by atoms with E-state index in [-0.39, 0.29) is 5.82 Å². The second kappa shape index (κ2) is 5.60. The molecule has 4 heteroatoms. The first kappa shape index (κ1) is 12.5. The van der Waals surface area contributed by atoms with Crippen LogP contribution in [0.4, 0.5) is 10.2 Å². The Morgan fingerprint density at radius 2 is 1.94 bits per heavy atom. The minimum Gasteiger partial charge on any atom is -0.389 e. The van der Waals surface area contributed by atoms with Crippen molar-refractivity contribution in [3.05, 3.63) is 59.5 Å². The number of aromatic nitrogens is 1. The molecule has 0 unspecified atom stereocenters. The molecule has 0 amide bonds. The smallest absolute Gasteiger partial charge is 0.141 e. The summed E-state index contributed by atoms with van der Waals surface area (Å²) in [5.41, 5.74) is 1.96. The topological polar surface area (TPSA) is 45.1 Å². The third kappa shape index (κ3) is 3.28. The lowest BCUT2D eigenvalue weighted by molar-refractivity contribution is 0.199. The maximum Gasteiger partial charge on any atom is 0.141 e. The molecule has 0 saturated heterocycles. The summed E-state index contributed by atoms with van der Waals surface area (Å²) >= 11 is 0. The Hall–Kier alpha value is -1.94. The minimum absolute atomic E-state index is 0.346. The number of aliphatic hydroxyl groups excluding tert-OH is 1. The van der Waals surface area contributed by atoms with Crippen molar-refractivity contribution in [2.45, 2.75) is 19.6 Å². The first-order chi connectivity index (χ1) is 8.65. The van der Waals surface area contributed by atoms with Crippen LogP contribution in [0.3, 0.4) is 0 Å². The summed E-state index contributed by atoms with van der Waals surface area (Å²) in [6, 6.07) is 10.6. The second-order valence-electron chi connectivity index (χ2n) is 4.13. The number of pyridine rings is 1. The zero-order valence-electron chi connectivity index (χ0n) is 10.1. The van der Waals surface area contributed by atoms with Crippen LogP contribution in [0.1, 0.15) is 24.2 Å². The predicted octanol–water partition coefficient (Wildman–Crippen LogP) is 2.89. The van der Waals surface area contributed by atoms with Crippen LogP contribution in [0, 0.1) is 5.82 Å². The Kier molecular flexibility index (Phi) is 3.89. The third-order valence-electron chi connectivity index (χ3n) is 2.66. The number of benzene rings is 1. The molecular formula is C14H15FN2O. The third-order valence-corrected chi connectivity index (χ3v) is 2.66. The van der Waals surface area contributed by atoms with E-state index < -0.39 is 6.10 Å². The molecule has 3 nitrogen and oxygen atoms in total. The van der Waals surface area contributed by atoms with E-state index in [0.717, 1.165) is 11.1 Å². The van der Waals surface area contributed by atoms with Crippen molar-refractivity contribution in [3.63, 3.8) is 0 Å². The fourth-order valence-corrected chi connectivity index (χ4v) is 1.59. The van der Waals surface area contributed by atoms with E-state index in [2.05, 4.69) is 10.3 Å². The molecule has 0 saturated carbocycles. The van der Waals surface area contributed by atoms with Crippen LogP contribution in [-0.4, -0.2) is 10.1 Å². The summed E-state index contributed by atoms with van der Waals surface area (Å²) in [6.45, 7) is 2.34. The van der Waals surface area contributed by atoms with Gasteiger partial charge in [0.25, 0.3) is 0 Å². The van der Waals surface area contributed by atoms with Crippen LogP contribution in [0.5, 0.6) is 0 Å². The Bertz CT molecular complexity index is 494. The van der Waals surface area contributed by atoms with Crippen molar-refractivity contribution in [1.29, 1.82) is 0 Å². The molecule has 0 fully saturated rings. The van der Waals surface area contributed by atoms with Gasteiger partial charge in [-0.2, -0.15) is 0 Å². The van der Waals surface area contributed by atoms with Gasteiger partial charge in [-0.3, -0.25) is 0 Å². The highest BCUT2D eigenvalue weighted by Gasteiger charge is 2.00. The van der Waals surface area contributed by atoms with Gasteiger partial charge < -0.3 is 10.4 Å². The quantitative estimate of drug-likeness (QED) is 0.872. The van der Waals surface area contributed by atoms with Gasteiger partial charge >= 0.3 is 0 Å². The van der Waals surface area contributed by atoms with Crippen molar-refractivity contribution in [1.82, 2.24) is 4.98 Å². The number of hydrogen-bond donors (Lipinski definition) is 2. The molecule has 0 radical (unpaired) electrons. The van der Waals surface area contributed by atoms with Gasteiger partial charge in [-0.15, -0.1) is 0 Å². The molecule has 2 aromatic rings.